The van der Waals surface area contributed by atoms with E-state index in [2.05, 4.69) is 180 Å². The minimum absolute atomic E-state index is 0.573. The van der Waals surface area contributed by atoms with Gasteiger partial charge in [-0.3, -0.25) is 0 Å². The summed E-state index contributed by atoms with van der Waals surface area (Å²) in [5, 5.41) is 7.37. The average molecular weight is 1040 g/mol. The number of fused-ring (bicyclic) bond motifs is 3. The Kier molecular flexibility index (Phi) is 12.4. The molecule has 0 fully saturated rings. The van der Waals surface area contributed by atoms with Crippen molar-refractivity contribution in [1.82, 2.24) is 34.5 Å². The van der Waals surface area contributed by atoms with Crippen LogP contribution in [0.25, 0.3) is 107 Å². The van der Waals surface area contributed by atoms with E-state index >= 15 is 0 Å². The maximum atomic E-state index is 5.25. The molecule has 0 bridgehead atoms. The van der Waals surface area contributed by atoms with Crippen LogP contribution < -0.4 is 20.7 Å². The second-order valence-corrected chi connectivity index (χ2v) is 23.6. The number of rotatable bonds is 12. The van der Waals surface area contributed by atoms with Crippen molar-refractivity contribution < 1.29 is 0 Å². The second-order valence-electron chi connectivity index (χ2n) is 19.8. The Labute approximate surface area is 465 Å². The Morgan fingerprint density at radius 3 is 1.01 bits per heavy atom. The first-order chi connectivity index (χ1) is 39.7. The Balaban J connectivity index is 1.02. The van der Waals surface area contributed by atoms with E-state index in [-0.39, 0.29) is 0 Å². The molecule has 8 heteroatoms. The minimum Gasteiger partial charge on any atom is -0.309 e. The zero-order valence-electron chi connectivity index (χ0n) is 43.4. The van der Waals surface area contributed by atoms with E-state index in [1.807, 2.05) is 121 Å². The fraction of sp³-hybridized carbons (Fsp3) is 0. The molecule has 3 heterocycles. The molecule has 376 valence electrons. The van der Waals surface area contributed by atoms with Crippen LogP contribution in [0.3, 0.4) is 0 Å². The monoisotopic (exact) mass is 1040 g/mol. The van der Waals surface area contributed by atoms with Crippen LogP contribution in [-0.4, -0.2) is 42.5 Å². The highest BCUT2D eigenvalue weighted by Crippen LogP contribution is 2.40. The Bertz CT molecular complexity index is 4290. The smallest absolute Gasteiger partial charge is 0.179 e. The summed E-state index contributed by atoms with van der Waals surface area (Å²) in [5.74, 6) is 3.60. The Morgan fingerprint density at radius 2 is 0.562 bits per heavy atom. The largest absolute Gasteiger partial charge is 0.309 e. The van der Waals surface area contributed by atoms with Gasteiger partial charge in [0.15, 0.2) is 43.0 Å². The fourth-order valence-electron chi connectivity index (χ4n) is 11.3. The number of hydrogen-bond donors (Lipinski definition) is 0. The van der Waals surface area contributed by atoms with Crippen LogP contribution in [0.15, 0.2) is 297 Å². The maximum Gasteiger partial charge on any atom is 0.179 e. The SMILES string of the molecule is c1ccc(-c2nc(-c3ccccc3)nc(-c3ccc(-c4cccc([Si](c5ccccc5)(c5ccccc5)c5ccccc5)c4)c(-n4c5ccccc5c5cc(-c6nc(-c7ccccc7)nc(-c7ccccc7)n6)ccc54)c3)n2)cc1. The van der Waals surface area contributed by atoms with Gasteiger partial charge in [0.25, 0.3) is 0 Å². The van der Waals surface area contributed by atoms with E-state index in [4.69, 9.17) is 29.9 Å². The maximum absolute atomic E-state index is 5.25. The summed E-state index contributed by atoms with van der Waals surface area (Å²) in [4.78, 5) is 30.9. The quantitative estimate of drug-likeness (QED) is 0.0896. The molecule has 80 heavy (non-hydrogen) atoms. The summed E-state index contributed by atoms with van der Waals surface area (Å²) in [6.45, 7) is 0. The number of benzene rings is 11. The third-order valence-electron chi connectivity index (χ3n) is 15.1. The van der Waals surface area contributed by atoms with Crippen LogP contribution in [-0.2, 0) is 0 Å². The first-order valence-corrected chi connectivity index (χ1v) is 28.9. The van der Waals surface area contributed by atoms with Crippen molar-refractivity contribution in [3.63, 3.8) is 0 Å². The lowest BCUT2D eigenvalue weighted by Crippen LogP contribution is -2.74. The fourth-order valence-corrected chi connectivity index (χ4v) is 16.1. The molecule has 0 saturated heterocycles. The molecule has 7 nitrogen and oxygen atoms in total. The molecular weight excluding hydrogens is 991 g/mol. The molecule has 14 rings (SSSR count). The molecule has 0 N–H and O–H groups in total. The summed E-state index contributed by atoms with van der Waals surface area (Å²) in [5.41, 5.74) is 10.6. The first kappa shape index (κ1) is 47.9. The van der Waals surface area contributed by atoms with Gasteiger partial charge in [-0.15, -0.1) is 0 Å². The van der Waals surface area contributed by atoms with Gasteiger partial charge < -0.3 is 4.57 Å². The van der Waals surface area contributed by atoms with Crippen molar-refractivity contribution >= 4 is 50.6 Å². The van der Waals surface area contributed by atoms with E-state index in [9.17, 15) is 0 Å². The molecule has 0 saturated carbocycles. The lowest BCUT2D eigenvalue weighted by molar-refractivity contribution is 1.07. The van der Waals surface area contributed by atoms with Gasteiger partial charge in [-0.25, -0.2) is 29.9 Å². The van der Waals surface area contributed by atoms with E-state index in [0.717, 1.165) is 72.0 Å². The second kappa shape index (κ2) is 20.8. The number of hydrogen-bond acceptors (Lipinski definition) is 6. The van der Waals surface area contributed by atoms with Crippen molar-refractivity contribution in [2.45, 2.75) is 0 Å². The Morgan fingerprint density at radius 1 is 0.225 bits per heavy atom. The summed E-state index contributed by atoms with van der Waals surface area (Å²) in [6, 6.07) is 105. The van der Waals surface area contributed by atoms with Gasteiger partial charge in [-0.2, -0.15) is 0 Å². The van der Waals surface area contributed by atoms with E-state index in [1.165, 1.54) is 20.7 Å². The van der Waals surface area contributed by atoms with E-state index < -0.39 is 8.07 Å². The van der Waals surface area contributed by atoms with Crippen LogP contribution >= 0.6 is 0 Å². The highest BCUT2D eigenvalue weighted by atomic mass is 28.3. The molecule has 3 aromatic heterocycles. The van der Waals surface area contributed by atoms with E-state index in [0.29, 0.717) is 34.9 Å². The lowest BCUT2D eigenvalue weighted by atomic mass is 10.0. The molecule has 11 aromatic carbocycles. The normalized spacial score (nSPS) is 11.5. The van der Waals surface area contributed by atoms with Crippen molar-refractivity contribution in [2.75, 3.05) is 0 Å². The summed E-state index contributed by atoms with van der Waals surface area (Å²) in [7, 11) is -2.92. The molecule has 0 aliphatic heterocycles. The lowest BCUT2D eigenvalue weighted by Gasteiger charge is -2.34. The van der Waals surface area contributed by atoms with Crippen molar-refractivity contribution in [3.8, 4) is 85.1 Å². The van der Waals surface area contributed by atoms with Crippen LogP contribution in [0.4, 0.5) is 0 Å². The molecule has 0 atom stereocenters. The molecule has 0 spiro atoms. The average Bonchev–Trinajstić information content (AvgIpc) is 4.08. The van der Waals surface area contributed by atoms with Crippen LogP contribution in [0.1, 0.15) is 0 Å². The molecule has 0 aliphatic carbocycles. The Hall–Kier alpha value is -10.5. The van der Waals surface area contributed by atoms with Gasteiger partial charge in [0.05, 0.1) is 16.7 Å². The van der Waals surface area contributed by atoms with Gasteiger partial charge >= 0.3 is 0 Å². The standard InChI is InChI=1S/C72H49N7Si/c1-8-25-50(26-9-1)67-73-68(51-27-10-2-11-28-51)76-71(75-67)55-44-46-65-63(48-55)62-41-22-23-42-64(62)79(65)66-49-56(72-77-69(52-29-12-3-13-30-52)74-70(78-72)53-31-14-4-15-32-53)43-45-61(66)54-33-24-40-60(47-54)80(57-34-16-5-17-35-57,58-36-18-6-19-37-58)59-38-20-7-21-39-59/h1-49H. The van der Waals surface area contributed by atoms with Gasteiger partial charge in [0.2, 0.25) is 0 Å². The van der Waals surface area contributed by atoms with Crippen molar-refractivity contribution in [2.24, 2.45) is 0 Å². The summed E-state index contributed by atoms with van der Waals surface area (Å²) in [6.07, 6.45) is 0. The molecule has 14 aromatic rings. The highest BCUT2D eigenvalue weighted by Gasteiger charge is 2.41. The van der Waals surface area contributed by atoms with Crippen LogP contribution in [0.2, 0.25) is 0 Å². The zero-order chi connectivity index (χ0) is 53.2. The van der Waals surface area contributed by atoms with Crippen molar-refractivity contribution in [3.05, 3.63) is 297 Å². The van der Waals surface area contributed by atoms with E-state index in [1.54, 1.807) is 0 Å². The predicted octanol–water partition coefficient (Wildman–Crippen LogP) is 14.2. The van der Waals surface area contributed by atoms with Gasteiger partial charge in [0, 0.05) is 49.7 Å². The highest BCUT2D eigenvalue weighted by molar-refractivity contribution is 7.19. The third-order valence-corrected chi connectivity index (χ3v) is 19.8. The molecule has 0 unspecified atom stereocenters. The minimum atomic E-state index is -2.92. The molecule has 0 aliphatic rings. The topological polar surface area (TPSA) is 82.3 Å². The van der Waals surface area contributed by atoms with Gasteiger partial charge in [-0.05, 0) is 56.6 Å². The molecule has 0 radical (unpaired) electrons. The van der Waals surface area contributed by atoms with Crippen LogP contribution in [0, 0.1) is 0 Å². The molecular formula is C72H49N7Si. The van der Waals surface area contributed by atoms with Gasteiger partial charge in [-0.1, -0.05) is 267 Å². The van der Waals surface area contributed by atoms with Gasteiger partial charge in [0.1, 0.15) is 0 Å². The van der Waals surface area contributed by atoms with Crippen molar-refractivity contribution in [1.29, 1.82) is 0 Å². The van der Waals surface area contributed by atoms with Crippen LogP contribution in [0.5, 0.6) is 0 Å². The molecule has 0 amide bonds. The predicted molar refractivity (Wildman–Crippen MR) is 329 cm³/mol. The number of aromatic nitrogens is 7. The summed E-state index contributed by atoms with van der Waals surface area (Å²) >= 11 is 0. The summed E-state index contributed by atoms with van der Waals surface area (Å²) < 4.78 is 2.41. The zero-order valence-corrected chi connectivity index (χ0v) is 44.4. The third kappa shape index (κ3) is 8.76. The number of para-hydroxylation sites is 1. The number of nitrogens with zero attached hydrogens (tertiary/aromatic N) is 7. The first-order valence-electron chi connectivity index (χ1n) is 26.9.